The monoisotopic (exact) mass is 394 g/mol. The number of hydrogen-bond donors (Lipinski definition) is 1. The van der Waals surface area contributed by atoms with Gasteiger partial charge in [0.2, 0.25) is 15.9 Å². The smallest absolute Gasteiger partial charge is 0.243 e. The number of nitrogens with one attached hydrogen (secondary N) is 1. The number of halogens is 1. The van der Waals surface area contributed by atoms with Crippen LogP contribution in [0.15, 0.2) is 53.4 Å². The van der Waals surface area contributed by atoms with Gasteiger partial charge in [-0.1, -0.05) is 49.7 Å². The molecule has 1 N–H and O–H groups in total. The second-order valence-electron chi connectivity index (χ2n) is 5.81. The third-order valence-corrected chi connectivity index (χ3v) is 6.35. The lowest BCUT2D eigenvalue weighted by atomic mass is 10.1. The molecule has 5 nitrogen and oxygen atoms in total. The van der Waals surface area contributed by atoms with Crippen molar-refractivity contribution in [2.45, 2.75) is 31.7 Å². The fraction of sp³-hybridized carbons (Fsp3) is 0.316. The molecule has 0 saturated carbocycles. The van der Waals surface area contributed by atoms with Gasteiger partial charge in [0.15, 0.2) is 0 Å². The molecule has 0 aliphatic rings. The van der Waals surface area contributed by atoms with E-state index in [0.717, 1.165) is 11.1 Å². The second-order valence-corrected chi connectivity index (χ2v) is 8.19. The number of benzene rings is 2. The summed E-state index contributed by atoms with van der Waals surface area (Å²) < 4.78 is 26.3. The number of sulfonamides is 1. The first-order valence-corrected chi connectivity index (χ1v) is 10.3. The van der Waals surface area contributed by atoms with Crippen LogP contribution in [0.4, 0.5) is 0 Å². The summed E-state index contributed by atoms with van der Waals surface area (Å²) >= 11 is 5.83. The van der Waals surface area contributed by atoms with Gasteiger partial charge in [0.1, 0.15) is 0 Å². The molecule has 0 atom stereocenters. The number of nitrogens with zero attached hydrogens (tertiary/aromatic N) is 1. The van der Waals surface area contributed by atoms with Crippen LogP contribution in [0, 0.1) is 0 Å². The van der Waals surface area contributed by atoms with Crippen LogP contribution in [0.3, 0.4) is 0 Å². The van der Waals surface area contributed by atoms with Crippen molar-refractivity contribution in [2.75, 3.05) is 13.1 Å². The quantitative estimate of drug-likeness (QED) is 0.747. The Bertz CT molecular complexity index is 830. The van der Waals surface area contributed by atoms with Gasteiger partial charge in [-0.2, -0.15) is 4.31 Å². The highest BCUT2D eigenvalue weighted by Crippen LogP contribution is 2.16. The zero-order valence-corrected chi connectivity index (χ0v) is 16.5. The summed E-state index contributed by atoms with van der Waals surface area (Å²) in [6.07, 6.45) is 0.269. The summed E-state index contributed by atoms with van der Waals surface area (Å²) in [5.41, 5.74) is 1.72. The van der Waals surface area contributed by atoms with Crippen molar-refractivity contribution in [1.82, 2.24) is 9.62 Å². The van der Waals surface area contributed by atoms with Gasteiger partial charge in [-0.3, -0.25) is 4.79 Å². The maximum absolute atomic E-state index is 12.4. The standard InChI is InChI=1S/C19H23ClN2O3S/c1-3-22(4-2)26(24,25)18-11-7-16(8-12-18)14-21-19(23)13-15-5-9-17(20)10-6-15/h5-12H,3-4,13-14H2,1-2H3,(H,21,23). The molecule has 0 fully saturated rings. The van der Waals surface area contributed by atoms with Gasteiger partial charge >= 0.3 is 0 Å². The first-order valence-electron chi connectivity index (χ1n) is 8.47. The Hall–Kier alpha value is -1.89. The molecular formula is C19H23ClN2O3S. The number of carbonyl (C=O) groups excluding carboxylic acids is 1. The molecule has 0 saturated heterocycles. The molecular weight excluding hydrogens is 372 g/mol. The van der Waals surface area contributed by atoms with Crippen molar-refractivity contribution in [3.05, 3.63) is 64.7 Å². The predicted octanol–water partition coefficient (Wildman–Crippen LogP) is 3.23. The Morgan fingerprint density at radius 2 is 1.50 bits per heavy atom. The van der Waals surface area contributed by atoms with E-state index >= 15 is 0 Å². The van der Waals surface area contributed by atoms with E-state index in [1.807, 2.05) is 26.0 Å². The lowest BCUT2D eigenvalue weighted by Gasteiger charge is -2.18. The van der Waals surface area contributed by atoms with Gasteiger partial charge in [-0.05, 0) is 35.4 Å². The van der Waals surface area contributed by atoms with Crippen LogP contribution in [-0.2, 0) is 27.8 Å². The van der Waals surface area contributed by atoms with Gasteiger partial charge in [0, 0.05) is 24.7 Å². The van der Waals surface area contributed by atoms with Crippen molar-refractivity contribution < 1.29 is 13.2 Å². The molecule has 26 heavy (non-hydrogen) atoms. The average molecular weight is 395 g/mol. The van der Waals surface area contributed by atoms with Crippen molar-refractivity contribution >= 4 is 27.5 Å². The van der Waals surface area contributed by atoms with E-state index in [9.17, 15) is 13.2 Å². The Morgan fingerprint density at radius 3 is 2.04 bits per heavy atom. The summed E-state index contributed by atoms with van der Waals surface area (Å²) in [4.78, 5) is 12.3. The molecule has 0 aliphatic carbocycles. The van der Waals surface area contributed by atoms with E-state index < -0.39 is 10.0 Å². The topological polar surface area (TPSA) is 66.5 Å². The largest absolute Gasteiger partial charge is 0.352 e. The number of hydrogen-bond acceptors (Lipinski definition) is 3. The van der Waals surface area contributed by atoms with Gasteiger partial charge in [0.05, 0.1) is 11.3 Å². The first-order chi connectivity index (χ1) is 12.4. The van der Waals surface area contributed by atoms with E-state index in [1.165, 1.54) is 4.31 Å². The second kappa shape index (κ2) is 9.16. The van der Waals surface area contributed by atoms with Crippen LogP contribution in [0.2, 0.25) is 5.02 Å². The Kier molecular flexibility index (Phi) is 7.20. The summed E-state index contributed by atoms with van der Waals surface area (Å²) in [5, 5.41) is 3.47. The summed E-state index contributed by atoms with van der Waals surface area (Å²) in [6.45, 7) is 4.83. The molecule has 1 amide bonds. The van der Waals surface area contributed by atoms with Crippen molar-refractivity contribution in [3.63, 3.8) is 0 Å². The van der Waals surface area contributed by atoms with Crippen LogP contribution in [-0.4, -0.2) is 31.7 Å². The molecule has 0 spiro atoms. The molecule has 0 aromatic heterocycles. The fourth-order valence-electron chi connectivity index (χ4n) is 2.54. The van der Waals surface area contributed by atoms with E-state index in [4.69, 9.17) is 11.6 Å². The maximum atomic E-state index is 12.4. The minimum absolute atomic E-state index is 0.104. The minimum atomic E-state index is -3.46. The van der Waals surface area contributed by atoms with E-state index in [0.29, 0.717) is 24.7 Å². The molecule has 0 heterocycles. The third-order valence-electron chi connectivity index (χ3n) is 4.03. The van der Waals surface area contributed by atoms with Gasteiger partial charge < -0.3 is 5.32 Å². The zero-order chi connectivity index (χ0) is 19.2. The van der Waals surface area contributed by atoms with E-state index in [-0.39, 0.29) is 17.2 Å². The molecule has 0 aliphatic heterocycles. The van der Waals surface area contributed by atoms with Gasteiger partial charge in [0.25, 0.3) is 0 Å². The Morgan fingerprint density at radius 1 is 0.962 bits per heavy atom. The SMILES string of the molecule is CCN(CC)S(=O)(=O)c1ccc(CNC(=O)Cc2ccc(Cl)cc2)cc1. The number of rotatable bonds is 8. The van der Waals surface area contributed by atoms with Crippen LogP contribution in [0.25, 0.3) is 0 Å². The zero-order valence-electron chi connectivity index (χ0n) is 14.9. The molecule has 0 bridgehead atoms. The van der Waals surface area contributed by atoms with Crippen molar-refractivity contribution in [2.24, 2.45) is 0 Å². The highest BCUT2D eigenvalue weighted by molar-refractivity contribution is 7.89. The summed E-state index contributed by atoms with van der Waals surface area (Å²) in [6, 6.07) is 13.7. The summed E-state index contributed by atoms with van der Waals surface area (Å²) in [7, 11) is -3.46. The average Bonchev–Trinajstić information content (AvgIpc) is 2.63. The predicted molar refractivity (Wildman–Crippen MR) is 104 cm³/mol. The van der Waals surface area contributed by atoms with Crippen LogP contribution in [0.1, 0.15) is 25.0 Å². The first kappa shape index (κ1) is 20.4. The molecule has 0 unspecified atom stereocenters. The normalized spacial score (nSPS) is 11.5. The number of amides is 1. The van der Waals surface area contributed by atoms with Crippen molar-refractivity contribution in [1.29, 1.82) is 0 Å². The molecule has 2 aromatic rings. The van der Waals surface area contributed by atoms with Gasteiger partial charge in [-0.15, -0.1) is 0 Å². The third kappa shape index (κ3) is 5.30. The lowest BCUT2D eigenvalue weighted by molar-refractivity contribution is -0.120. The van der Waals surface area contributed by atoms with E-state index in [1.54, 1.807) is 36.4 Å². The molecule has 2 rings (SSSR count). The van der Waals surface area contributed by atoms with Crippen LogP contribution >= 0.6 is 11.6 Å². The molecule has 140 valence electrons. The highest BCUT2D eigenvalue weighted by Gasteiger charge is 2.21. The fourth-order valence-corrected chi connectivity index (χ4v) is 4.13. The van der Waals surface area contributed by atoms with Crippen molar-refractivity contribution in [3.8, 4) is 0 Å². The highest BCUT2D eigenvalue weighted by atomic mass is 35.5. The molecule has 7 heteroatoms. The minimum Gasteiger partial charge on any atom is -0.352 e. The number of carbonyl (C=O) groups is 1. The van der Waals surface area contributed by atoms with E-state index in [2.05, 4.69) is 5.32 Å². The lowest BCUT2D eigenvalue weighted by Crippen LogP contribution is -2.30. The van der Waals surface area contributed by atoms with Crippen LogP contribution < -0.4 is 5.32 Å². The summed E-state index contributed by atoms with van der Waals surface area (Å²) in [5.74, 6) is -0.104. The van der Waals surface area contributed by atoms with Crippen LogP contribution in [0.5, 0.6) is 0 Å². The Balaban J connectivity index is 1.94. The van der Waals surface area contributed by atoms with Gasteiger partial charge in [-0.25, -0.2) is 8.42 Å². The Labute approximate surface area is 160 Å². The molecule has 0 radical (unpaired) electrons. The molecule has 2 aromatic carbocycles. The maximum Gasteiger partial charge on any atom is 0.243 e.